The van der Waals surface area contributed by atoms with Crippen LogP contribution in [0, 0.1) is 5.92 Å². The van der Waals surface area contributed by atoms with Crippen LogP contribution in [-0.2, 0) is 4.79 Å². The van der Waals surface area contributed by atoms with Gasteiger partial charge in [0.1, 0.15) is 0 Å². The fourth-order valence-corrected chi connectivity index (χ4v) is 1.70. The number of carbonyl (C=O) groups excluding carboxylic acids is 1. The van der Waals surface area contributed by atoms with Crippen molar-refractivity contribution in [1.82, 2.24) is 4.90 Å². The van der Waals surface area contributed by atoms with Gasteiger partial charge in [0, 0.05) is 12.5 Å². The summed E-state index contributed by atoms with van der Waals surface area (Å²) < 4.78 is 0. The van der Waals surface area contributed by atoms with Gasteiger partial charge < -0.3 is 4.90 Å². The molecule has 0 bridgehead atoms. The molecule has 1 aliphatic rings. The Morgan fingerprint density at radius 1 is 1.64 bits per heavy atom. The van der Waals surface area contributed by atoms with Crippen molar-refractivity contribution < 1.29 is 4.79 Å². The van der Waals surface area contributed by atoms with Crippen molar-refractivity contribution in [2.45, 2.75) is 11.3 Å². The first-order chi connectivity index (χ1) is 5.11. The third kappa shape index (κ3) is 2.32. The third-order valence-electron chi connectivity index (χ3n) is 2.01. The van der Waals surface area contributed by atoms with E-state index in [9.17, 15) is 4.79 Å². The number of ketones is 1. The van der Waals surface area contributed by atoms with E-state index < -0.39 is 4.84 Å². The van der Waals surface area contributed by atoms with Crippen molar-refractivity contribution in [1.29, 1.82) is 0 Å². The predicted octanol–water partition coefficient (Wildman–Crippen LogP) is 1.31. The number of rotatable bonds is 2. The largest absolute Gasteiger partial charge is 0.306 e. The molecule has 2 nitrogen and oxygen atoms in total. The van der Waals surface area contributed by atoms with Crippen molar-refractivity contribution in [3.63, 3.8) is 0 Å². The Kier molecular flexibility index (Phi) is 3.16. The van der Waals surface area contributed by atoms with Crippen molar-refractivity contribution in [3.8, 4) is 0 Å². The zero-order valence-corrected chi connectivity index (χ0v) is 7.90. The van der Waals surface area contributed by atoms with Crippen LogP contribution in [0.1, 0.15) is 6.42 Å². The normalized spacial score (nSPS) is 26.4. The van der Waals surface area contributed by atoms with Gasteiger partial charge in [-0.3, -0.25) is 4.79 Å². The van der Waals surface area contributed by atoms with Gasteiger partial charge in [0.15, 0.2) is 10.6 Å². The molecule has 0 aromatic rings. The van der Waals surface area contributed by atoms with Crippen LogP contribution in [0.15, 0.2) is 0 Å². The summed E-state index contributed by atoms with van der Waals surface area (Å²) in [6, 6.07) is 0. The average molecular weight is 196 g/mol. The minimum Gasteiger partial charge on any atom is -0.306 e. The Hall–Kier alpha value is 0.210. The van der Waals surface area contributed by atoms with Crippen LogP contribution in [0.4, 0.5) is 0 Å². The van der Waals surface area contributed by atoms with E-state index in [1.165, 1.54) is 0 Å². The Morgan fingerprint density at radius 3 is 2.64 bits per heavy atom. The topological polar surface area (TPSA) is 20.3 Å². The molecule has 1 saturated heterocycles. The summed E-state index contributed by atoms with van der Waals surface area (Å²) in [5.74, 6) is 0.0256. The number of likely N-dealkylation sites (tertiary alicyclic amines) is 1. The molecular formula is C7H11Cl2NO. The summed E-state index contributed by atoms with van der Waals surface area (Å²) in [4.78, 5) is 12.5. The predicted molar refractivity (Wildman–Crippen MR) is 46.1 cm³/mol. The van der Waals surface area contributed by atoms with E-state index in [0.29, 0.717) is 0 Å². The summed E-state index contributed by atoms with van der Waals surface area (Å²) in [6.45, 7) is 1.77. The highest BCUT2D eigenvalue weighted by Gasteiger charge is 2.29. The number of hydrogen-bond acceptors (Lipinski definition) is 2. The molecule has 4 heteroatoms. The first-order valence-corrected chi connectivity index (χ1v) is 4.49. The molecule has 0 aromatic heterocycles. The van der Waals surface area contributed by atoms with E-state index in [0.717, 1.165) is 19.5 Å². The van der Waals surface area contributed by atoms with Crippen molar-refractivity contribution in [3.05, 3.63) is 0 Å². The molecule has 0 N–H and O–H groups in total. The van der Waals surface area contributed by atoms with Gasteiger partial charge in [0.05, 0.1) is 0 Å². The van der Waals surface area contributed by atoms with Crippen LogP contribution in [-0.4, -0.2) is 35.7 Å². The number of Topliss-reactive ketones (excluding diaryl/α,β-unsaturated/α-hetero) is 1. The molecule has 0 amide bonds. The summed E-state index contributed by atoms with van der Waals surface area (Å²) in [5, 5.41) is 0. The molecule has 1 unspecified atom stereocenters. The standard InChI is InChI=1S/C7H11Cl2NO/c1-10-3-2-5(4-10)6(11)7(8)9/h5,7H,2-4H2,1H3. The molecule has 0 aliphatic carbocycles. The van der Waals surface area contributed by atoms with Crippen LogP contribution in [0.3, 0.4) is 0 Å². The maximum atomic E-state index is 11.2. The molecule has 1 aliphatic heterocycles. The minimum atomic E-state index is -0.841. The molecular weight excluding hydrogens is 185 g/mol. The van der Waals surface area contributed by atoms with Gasteiger partial charge in [-0.25, -0.2) is 0 Å². The highest BCUT2D eigenvalue weighted by Crippen LogP contribution is 2.20. The molecule has 1 fully saturated rings. The van der Waals surface area contributed by atoms with E-state index in [2.05, 4.69) is 4.90 Å². The number of alkyl halides is 2. The lowest BCUT2D eigenvalue weighted by molar-refractivity contribution is -0.120. The molecule has 1 rings (SSSR count). The number of hydrogen-bond donors (Lipinski definition) is 0. The summed E-state index contributed by atoms with van der Waals surface area (Å²) in [6.07, 6.45) is 0.894. The van der Waals surface area contributed by atoms with Gasteiger partial charge in [-0.2, -0.15) is 0 Å². The minimum absolute atomic E-state index is 0.0299. The van der Waals surface area contributed by atoms with Crippen LogP contribution >= 0.6 is 23.2 Å². The van der Waals surface area contributed by atoms with Gasteiger partial charge in [0.2, 0.25) is 0 Å². The van der Waals surface area contributed by atoms with Crippen LogP contribution in [0.2, 0.25) is 0 Å². The maximum absolute atomic E-state index is 11.2. The second kappa shape index (κ2) is 3.74. The smallest absolute Gasteiger partial charge is 0.170 e. The van der Waals surface area contributed by atoms with E-state index in [1.54, 1.807) is 0 Å². The van der Waals surface area contributed by atoms with Gasteiger partial charge in [-0.1, -0.05) is 23.2 Å². The van der Waals surface area contributed by atoms with Gasteiger partial charge in [-0.05, 0) is 20.0 Å². The average Bonchev–Trinajstić information content (AvgIpc) is 2.34. The lowest BCUT2D eigenvalue weighted by Gasteiger charge is -2.08. The van der Waals surface area contributed by atoms with E-state index in [4.69, 9.17) is 23.2 Å². The number of halogens is 2. The molecule has 11 heavy (non-hydrogen) atoms. The van der Waals surface area contributed by atoms with Gasteiger partial charge >= 0.3 is 0 Å². The van der Waals surface area contributed by atoms with E-state index in [-0.39, 0.29) is 11.7 Å². The fraction of sp³-hybridized carbons (Fsp3) is 0.857. The second-order valence-electron chi connectivity index (χ2n) is 2.95. The highest BCUT2D eigenvalue weighted by molar-refractivity contribution is 6.53. The Bertz CT molecular complexity index is 161. The molecule has 1 atom stereocenters. The quantitative estimate of drug-likeness (QED) is 0.620. The summed E-state index contributed by atoms with van der Waals surface area (Å²) in [7, 11) is 1.99. The van der Waals surface area contributed by atoms with Crippen LogP contribution in [0.25, 0.3) is 0 Å². The van der Waals surface area contributed by atoms with Crippen LogP contribution in [0.5, 0.6) is 0 Å². The number of carbonyl (C=O) groups is 1. The van der Waals surface area contributed by atoms with Gasteiger partial charge in [-0.15, -0.1) is 0 Å². The van der Waals surface area contributed by atoms with Crippen LogP contribution < -0.4 is 0 Å². The highest BCUT2D eigenvalue weighted by atomic mass is 35.5. The first-order valence-electron chi connectivity index (χ1n) is 3.61. The Labute approximate surface area is 76.5 Å². The van der Waals surface area contributed by atoms with Crippen molar-refractivity contribution >= 4 is 29.0 Å². The molecule has 0 saturated carbocycles. The SMILES string of the molecule is CN1CCC(C(=O)C(Cl)Cl)C1. The zero-order chi connectivity index (χ0) is 8.43. The van der Waals surface area contributed by atoms with E-state index >= 15 is 0 Å². The Balaban J connectivity index is 2.43. The monoisotopic (exact) mass is 195 g/mol. The van der Waals surface area contributed by atoms with Crippen molar-refractivity contribution in [2.24, 2.45) is 5.92 Å². The second-order valence-corrected chi connectivity index (χ2v) is 4.05. The number of nitrogens with zero attached hydrogens (tertiary/aromatic N) is 1. The van der Waals surface area contributed by atoms with Crippen molar-refractivity contribution in [2.75, 3.05) is 20.1 Å². The molecule has 64 valence electrons. The zero-order valence-electron chi connectivity index (χ0n) is 6.39. The summed E-state index contributed by atoms with van der Waals surface area (Å²) in [5.41, 5.74) is 0. The fourth-order valence-electron chi connectivity index (χ4n) is 1.35. The molecule has 0 spiro atoms. The molecule has 0 radical (unpaired) electrons. The third-order valence-corrected chi connectivity index (χ3v) is 2.44. The molecule has 0 aromatic carbocycles. The molecule has 1 heterocycles. The van der Waals surface area contributed by atoms with E-state index in [1.807, 2.05) is 7.05 Å². The summed E-state index contributed by atoms with van der Waals surface area (Å²) >= 11 is 10.9. The first kappa shape index (κ1) is 9.30. The maximum Gasteiger partial charge on any atom is 0.170 e. The Morgan fingerprint density at radius 2 is 2.27 bits per heavy atom. The lowest BCUT2D eigenvalue weighted by atomic mass is 10.1. The van der Waals surface area contributed by atoms with Gasteiger partial charge in [0.25, 0.3) is 0 Å². The lowest BCUT2D eigenvalue weighted by Crippen LogP contribution is -2.23.